The molecule has 4 nitrogen and oxygen atoms in total. The van der Waals surface area contributed by atoms with Gasteiger partial charge < -0.3 is 14.4 Å². The number of amides is 1. The van der Waals surface area contributed by atoms with E-state index in [1.54, 1.807) is 0 Å². The second-order valence-corrected chi connectivity index (χ2v) is 5.88. The molecule has 1 aliphatic heterocycles. The van der Waals surface area contributed by atoms with Crippen LogP contribution >= 0.6 is 11.6 Å². The van der Waals surface area contributed by atoms with Crippen LogP contribution in [0.1, 0.15) is 13.3 Å². The molecule has 1 aromatic carbocycles. The Balaban J connectivity index is 1.83. The van der Waals surface area contributed by atoms with Gasteiger partial charge in [0.25, 0.3) is 0 Å². The summed E-state index contributed by atoms with van der Waals surface area (Å²) in [6.45, 7) is 5.17. The molecule has 2 heterocycles. The van der Waals surface area contributed by atoms with Gasteiger partial charge in [-0.25, -0.2) is 0 Å². The van der Waals surface area contributed by atoms with Gasteiger partial charge >= 0.3 is 0 Å². The Hall–Kier alpha value is -1.94. The van der Waals surface area contributed by atoms with Crippen LogP contribution in [0.25, 0.3) is 5.69 Å². The molecule has 1 amide bonds. The van der Waals surface area contributed by atoms with E-state index in [1.165, 1.54) is 0 Å². The van der Waals surface area contributed by atoms with Crippen LogP contribution in [0, 0.1) is 0 Å². The highest BCUT2D eigenvalue weighted by molar-refractivity contribution is 6.30. The molecule has 0 unspecified atom stereocenters. The molecule has 0 atom stereocenters. The number of piperazine rings is 1. The van der Waals surface area contributed by atoms with E-state index in [1.807, 2.05) is 48.5 Å². The molecular formula is C17H20ClN3O. The Kier molecular flexibility index (Phi) is 4.39. The number of nitrogens with zero attached hydrogens (tertiary/aromatic N) is 3. The second kappa shape index (κ2) is 6.44. The third-order valence-corrected chi connectivity index (χ3v) is 4.33. The Labute approximate surface area is 135 Å². The van der Waals surface area contributed by atoms with Crippen LogP contribution < -0.4 is 4.90 Å². The van der Waals surface area contributed by atoms with Crippen molar-refractivity contribution in [2.24, 2.45) is 0 Å². The summed E-state index contributed by atoms with van der Waals surface area (Å²) >= 11 is 6.17. The van der Waals surface area contributed by atoms with Crippen molar-refractivity contribution in [1.29, 1.82) is 0 Å². The minimum Gasteiger partial charge on any atom is -0.366 e. The third kappa shape index (κ3) is 2.97. The Morgan fingerprint density at radius 2 is 1.77 bits per heavy atom. The van der Waals surface area contributed by atoms with Crippen molar-refractivity contribution in [2.45, 2.75) is 13.3 Å². The second-order valence-electron chi connectivity index (χ2n) is 5.44. The lowest BCUT2D eigenvalue weighted by molar-refractivity contribution is -0.131. The fourth-order valence-corrected chi connectivity index (χ4v) is 3.05. The van der Waals surface area contributed by atoms with E-state index in [0.717, 1.165) is 42.6 Å². The van der Waals surface area contributed by atoms with Crippen LogP contribution in [0.5, 0.6) is 0 Å². The first-order valence-corrected chi connectivity index (χ1v) is 8.02. The van der Waals surface area contributed by atoms with E-state index >= 15 is 0 Å². The van der Waals surface area contributed by atoms with Gasteiger partial charge in [0, 0.05) is 50.0 Å². The molecule has 22 heavy (non-hydrogen) atoms. The average Bonchev–Trinajstić information content (AvgIpc) is 3.08. The molecular weight excluding hydrogens is 298 g/mol. The van der Waals surface area contributed by atoms with E-state index in [2.05, 4.69) is 15.5 Å². The molecule has 0 bridgehead atoms. The number of hydrogen-bond acceptors (Lipinski definition) is 2. The number of benzene rings is 1. The predicted octanol–water partition coefficient (Wildman–Crippen LogP) is 3.19. The molecule has 1 fully saturated rings. The van der Waals surface area contributed by atoms with Crippen molar-refractivity contribution in [3.05, 3.63) is 47.7 Å². The highest BCUT2D eigenvalue weighted by Crippen LogP contribution is 2.28. The maximum Gasteiger partial charge on any atom is 0.222 e. The molecule has 1 aromatic heterocycles. The third-order valence-electron chi connectivity index (χ3n) is 4.10. The van der Waals surface area contributed by atoms with Gasteiger partial charge in [-0.3, -0.25) is 4.79 Å². The predicted molar refractivity (Wildman–Crippen MR) is 89.9 cm³/mol. The van der Waals surface area contributed by atoms with E-state index in [-0.39, 0.29) is 5.91 Å². The average molecular weight is 318 g/mol. The first kappa shape index (κ1) is 15.0. The van der Waals surface area contributed by atoms with Crippen LogP contribution in [-0.4, -0.2) is 41.6 Å². The van der Waals surface area contributed by atoms with Crippen molar-refractivity contribution in [1.82, 2.24) is 9.47 Å². The van der Waals surface area contributed by atoms with Gasteiger partial charge in [-0.05, 0) is 30.3 Å². The summed E-state index contributed by atoms with van der Waals surface area (Å²) in [6, 6.07) is 9.98. The molecule has 0 radical (unpaired) electrons. The molecule has 0 saturated carbocycles. The lowest BCUT2D eigenvalue weighted by Crippen LogP contribution is -2.48. The monoisotopic (exact) mass is 317 g/mol. The summed E-state index contributed by atoms with van der Waals surface area (Å²) < 4.78 is 2.07. The summed E-state index contributed by atoms with van der Waals surface area (Å²) in [5.41, 5.74) is 2.23. The molecule has 116 valence electrons. The van der Waals surface area contributed by atoms with Crippen LogP contribution in [0.15, 0.2) is 42.7 Å². The molecule has 0 N–H and O–H groups in total. The zero-order chi connectivity index (χ0) is 15.5. The maximum absolute atomic E-state index is 11.8. The molecule has 0 spiro atoms. The van der Waals surface area contributed by atoms with Crippen LogP contribution in [0.2, 0.25) is 5.02 Å². The number of carbonyl (C=O) groups excluding carboxylic acids is 1. The number of aromatic nitrogens is 1. The van der Waals surface area contributed by atoms with Gasteiger partial charge in [-0.1, -0.05) is 18.5 Å². The lowest BCUT2D eigenvalue weighted by Gasteiger charge is -2.37. The number of anilines is 1. The van der Waals surface area contributed by atoms with Gasteiger partial charge in [-0.2, -0.15) is 0 Å². The zero-order valence-electron chi connectivity index (χ0n) is 12.7. The van der Waals surface area contributed by atoms with Gasteiger partial charge in [0.2, 0.25) is 5.91 Å². The smallest absolute Gasteiger partial charge is 0.222 e. The van der Waals surface area contributed by atoms with Crippen molar-refractivity contribution in [3.8, 4) is 5.69 Å². The molecule has 1 aliphatic rings. The Morgan fingerprint density at radius 3 is 2.41 bits per heavy atom. The van der Waals surface area contributed by atoms with Crippen molar-refractivity contribution >= 4 is 23.2 Å². The molecule has 3 rings (SSSR count). The fraction of sp³-hybridized carbons (Fsp3) is 0.353. The van der Waals surface area contributed by atoms with Gasteiger partial charge in [-0.15, -0.1) is 0 Å². The topological polar surface area (TPSA) is 28.5 Å². The summed E-state index contributed by atoms with van der Waals surface area (Å²) in [5, 5.41) is 0.729. The van der Waals surface area contributed by atoms with Gasteiger partial charge in [0.1, 0.15) is 0 Å². The summed E-state index contributed by atoms with van der Waals surface area (Å²) in [4.78, 5) is 16.1. The molecule has 5 heteroatoms. The standard InChI is InChI=1S/C17H20ClN3O/c1-2-17(22)21-11-9-20(10-12-21)15-6-5-14(18)13-16(15)19-7-3-4-8-19/h3-8,13H,2,9-12H2,1H3. The minimum absolute atomic E-state index is 0.237. The maximum atomic E-state index is 11.8. The minimum atomic E-state index is 0.237. The highest BCUT2D eigenvalue weighted by Gasteiger charge is 2.22. The van der Waals surface area contributed by atoms with Gasteiger partial charge in [0.15, 0.2) is 0 Å². The molecule has 2 aromatic rings. The van der Waals surface area contributed by atoms with Crippen molar-refractivity contribution < 1.29 is 4.79 Å². The largest absolute Gasteiger partial charge is 0.366 e. The number of hydrogen-bond donors (Lipinski definition) is 0. The van der Waals surface area contributed by atoms with E-state index < -0.39 is 0 Å². The van der Waals surface area contributed by atoms with Crippen LogP contribution in [0.3, 0.4) is 0 Å². The first-order valence-electron chi connectivity index (χ1n) is 7.64. The zero-order valence-corrected chi connectivity index (χ0v) is 13.5. The molecule has 1 saturated heterocycles. The van der Waals surface area contributed by atoms with E-state index in [0.29, 0.717) is 6.42 Å². The highest BCUT2D eigenvalue weighted by atomic mass is 35.5. The molecule has 0 aliphatic carbocycles. The lowest BCUT2D eigenvalue weighted by atomic mass is 10.2. The van der Waals surface area contributed by atoms with Gasteiger partial charge in [0.05, 0.1) is 11.4 Å². The quantitative estimate of drug-likeness (QED) is 0.870. The van der Waals surface area contributed by atoms with E-state index in [4.69, 9.17) is 11.6 Å². The summed E-state index contributed by atoms with van der Waals surface area (Å²) in [7, 11) is 0. The summed E-state index contributed by atoms with van der Waals surface area (Å²) in [5.74, 6) is 0.237. The summed E-state index contributed by atoms with van der Waals surface area (Å²) in [6.07, 6.45) is 4.62. The van der Waals surface area contributed by atoms with Crippen LogP contribution in [-0.2, 0) is 4.79 Å². The van der Waals surface area contributed by atoms with Crippen molar-refractivity contribution in [2.75, 3.05) is 31.1 Å². The SMILES string of the molecule is CCC(=O)N1CCN(c2ccc(Cl)cc2-n2cccc2)CC1. The number of carbonyl (C=O) groups is 1. The Morgan fingerprint density at radius 1 is 1.09 bits per heavy atom. The normalized spacial score (nSPS) is 15.2. The van der Waals surface area contributed by atoms with Crippen LogP contribution in [0.4, 0.5) is 5.69 Å². The van der Waals surface area contributed by atoms with Crippen molar-refractivity contribution in [3.63, 3.8) is 0 Å². The number of halogens is 1. The fourth-order valence-electron chi connectivity index (χ4n) is 2.89. The van der Waals surface area contributed by atoms with E-state index in [9.17, 15) is 4.79 Å². The number of rotatable bonds is 3. The Bertz CT molecular complexity index is 646. The first-order chi connectivity index (χ1) is 10.7.